The highest BCUT2D eigenvalue weighted by Gasteiger charge is 2.38. The van der Waals surface area contributed by atoms with Gasteiger partial charge in [-0.2, -0.15) is 26.3 Å². The second-order valence-corrected chi connectivity index (χ2v) is 9.67. The lowest BCUT2D eigenvalue weighted by atomic mass is 9.89. The Morgan fingerprint density at radius 1 is 1.08 bits per heavy atom. The molecule has 39 heavy (non-hydrogen) atoms. The topological polar surface area (TPSA) is 72.9 Å². The molecule has 1 heterocycles. The summed E-state index contributed by atoms with van der Waals surface area (Å²) in [7, 11) is 1.26. The zero-order chi connectivity index (χ0) is 29.3. The Balaban J connectivity index is 1.90. The fourth-order valence-electron chi connectivity index (χ4n) is 4.63. The maximum atomic E-state index is 13.8. The van der Waals surface area contributed by atoms with Crippen LogP contribution >= 0.6 is 0 Å². The number of likely N-dealkylation sites (tertiary alicyclic amines) is 1. The Hall–Kier alpha value is -3.35. The van der Waals surface area contributed by atoms with Crippen LogP contribution in [0.2, 0.25) is 0 Å². The van der Waals surface area contributed by atoms with Crippen molar-refractivity contribution < 1.29 is 45.4 Å². The van der Waals surface area contributed by atoms with E-state index in [4.69, 9.17) is 0 Å². The van der Waals surface area contributed by atoms with E-state index in [-0.39, 0.29) is 31.0 Å². The first-order valence-corrected chi connectivity index (χ1v) is 12.0. The van der Waals surface area contributed by atoms with Gasteiger partial charge in [-0.25, -0.2) is 9.18 Å². The first-order chi connectivity index (χ1) is 18.0. The quantitative estimate of drug-likeness (QED) is 0.477. The van der Waals surface area contributed by atoms with E-state index in [1.807, 2.05) is 0 Å². The minimum Gasteiger partial charge on any atom is -0.384 e. The number of benzene rings is 2. The molecule has 0 radical (unpaired) electrons. The molecule has 2 aromatic rings. The van der Waals surface area contributed by atoms with Gasteiger partial charge in [0.15, 0.2) is 0 Å². The van der Waals surface area contributed by atoms with E-state index in [9.17, 15) is 45.4 Å². The standard InChI is InChI=1S/C26H28F7N3O3/c1-14-8-19(27)4-5-21(14)22-12-20(34-23(38)15(2)37)6-7-36(22)24(39)35(3)13-16-9-17(25(28,29)30)11-18(10-16)26(31,32)33/h4-5,8-11,15,20,22,37H,6-7,12-13H2,1-3H3,(H,34,38)/t15?,20-,22-/m0/s1. The Morgan fingerprint density at radius 3 is 2.18 bits per heavy atom. The number of nitrogens with zero attached hydrogens (tertiary/aromatic N) is 2. The summed E-state index contributed by atoms with van der Waals surface area (Å²) in [6, 6.07) is 3.29. The molecule has 1 aliphatic rings. The highest BCUT2D eigenvalue weighted by atomic mass is 19.4. The van der Waals surface area contributed by atoms with Crippen molar-refractivity contribution in [1.82, 2.24) is 15.1 Å². The van der Waals surface area contributed by atoms with Gasteiger partial charge in [0.1, 0.15) is 11.9 Å². The fraction of sp³-hybridized carbons (Fsp3) is 0.462. The third-order valence-electron chi connectivity index (χ3n) is 6.56. The number of rotatable bonds is 5. The molecule has 2 aromatic carbocycles. The number of aliphatic hydroxyl groups is 1. The molecule has 1 aliphatic heterocycles. The number of halogens is 7. The van der Waals surface area contributed by atoms with Crippen LogP contribution in [0.5, 0.6) is 0 Å². The van der Waals surface area contributed by atoms with Crippen LogP contribution in [0.3, 0.4) is 0 Å². The minimum absolute atomic E-state index is 0.0188. The van der Waals surface area contributed by atoms with Gasteiger partial charge in [-0.05, 0) is 73.7 Å². The lowest BCUT2D eigenvalue weighted by molar-refractivity contribution is -0.143. The predicted molar refractivity (Wildman–Crippen MR) is 127 cm³/mol. The second-order valence-electron chi connectivity index (χ2n) is 9.67. The van der Waals surface area contributed by atoms with Crippen LogP contribution in [-0.4, -0.2) is 52.6 Å². The minimum atomic E-state index is -5.03. The second kappa shape index (κ2) is 11.4. The fourth-order valence-corrected chi connectivity index (χ4v) is 4.63. The molecule has 13 heteroatoms. The van der Waals surface area contributed by atoms with Gasteiger partial charge in [-0.3, -0.25) is 4.79 Å². The van der Waals surface area contributed by atoms with Gasteiger partial charge < -0.3 is 20.2 Å². The zero-order valence-electron chi connectivity index (χ0n) is 21.3. The lowest BCUT2D eigenvalue weighted by Crippen LogP contribution is -2.52. The van der Waals surface area contributed by atoms with Gasteiger partial charge in [0.05, 0.1) is 17.2 Å². The summed E-state index contributed by atoms with van der Waals surface area (Å²) >= 11 is 0. The summed E-state index contributed by atoms with van der Waals surface area (Å²) < 4.78 is 93.4. The van der Waals surface area contributed by atoms with Crippen LogP contribution in [0, 0.1) is 12.7 Å². The highest BCUT2D eigenvalue weighted by Crippen LogP contribution is 2.37. The van der Waals surface area contributed by atoms with E-state index in [0.29, 0.717) is 23.3 Å². The van der Waals surface area contributed by atoms with E-state index in [1.54, 1.807) is 6.92 Å². The molecule has 3 amide bonds. The summed E-state index contributed by atoms with van der Waals surface area (Å²) in [4.78, 5) is 27.9. The third kappa shape index (κ3) is 7.40. The maximum absolute atomic E-state index is 13.8. The van der Waals surface area contributed by atoms with Gasteiger partial charge in [0.25, 0.3) is 0 Å². The molecule has 3 rings (SSSR count). The van der Waals surface area contributed by atoms with Crippen LogP contribution in [0.4, 0.5) is 35.5 Å². The van der Waals surface area contributed by atoms with Crippen molar-refractivity contribution in [3.05, 3.63) is 70.0 Å². The number of amides is 3. The molecule has 0 spiro atoms. The predicted octanol–water partition coefficient (Wildman–Crippen LogP) is 5.43. The van der Waals surface area contributed by atoms with E-state index in [0.717, 1.165) is 4.90 Å². The number of hydrogen-bond acceptors (Lipinski definition) is 3. The Bertz CT molecular complexity index is 1180. The van der Waals surface area contributed by atoms with Crippen molar-refractivity contribution in [3.63, 3.8) is 0 Å². The molecule has 2 N–H and O–H groups in total. The van der Waals surface area contributed by atoms with Crippen molar-refractivity contribution in [3.8, 4) is 0 Å². The number of aliphatic hydroxyl groups excluding tert-OH is 1. The lowest BCUT2D eigenvalue weighted by Gasteiger charge is -2.42. The van der Waals surface area contributed by atoms with Gasteiger partial charge in [0, 0.05) is 26.2 Å². The number of alkyl halides is 6. The number of carbonyl (C=O) groups is 2. The van der Waals surface area contributed by atoms with Crippen LogP contribution < -0.4 is 5.32 Å². The number of carbonyl (C=O) groups excluding carboxylic acids is 2. The normalized spacial score (nSPS) is 19.0. The molecule has 0 aliphatic carbocycles. The third-order valence-corrected chi connectivity index (χ3v) is 6.56. The smallest absolute Gasteiger partial charge is 0.384 e. The SMILES string of the molecule is Cc1cc(F)ccc1[C@@H]1C[C@@H](NC(=O)C(C)O)CCN1C(=O)N(C)Cc1cc(C(F)(F)F)cc(C(F)(F)F)c1. The van der Waals surface area contributed by atoms with Crippen LogP contribution in [0.25, 0.3) is 0 Å². The number of urea groups is 1. The van der Waals surface area contributed by atoms with E-state index in [1.165, 1.54) is 37.1 Å². The van der Waals surface area contributed by atoms with Crippen molar-refractivity contribution in [1.29, 1.82) is 0 Å². The molecule has 1 unspecified atom stereocenters. The Labute approximate surface area is 220 Å². The molecule has 3 atom stereocenters. The summed E-state index contributed by atoms with van der Waals surface area (Å²) in [6.45, 7) is 2.46. The van der Waals surface area contributed by atoms with E-state index >= 15 is 0 Å². The largest absolute Gasteiger partial charge is 0.416 e. The molecular weight excluding hydrogens is 535 g/mol. The Kier molecular flexibility index (Phi) is 8.83. The number of aryl methyl sites for hydroxylation is 1. The zero-order valence-corrected chi connectivity index (χ0v) is 21.3. The molecule has 6 nitrogen and oxygen atoms in total. The average Bonchev–Trinajstić information content (AvgIpc) is 2.82. The van der Waals surface area contributed by atoms with Crippen molar-refractivity contribution in [2.45, 2.75) is 63.8 Å². The van der Waals surface area contributed by atoms with Crippen molar-refractivity contribution in [2.75, 3.05) is 13.6 Å². The van der Waals surface area contributed by atoms with E-state index < -0.39 is 66.0 Å². The summed E-state index contributed by atoms with van der Waals surface area (Å²) in [5.74, 6) is -1.12. The van der Waals surface area contributed by atoms with Crippen LogP contribution in [-0.2, 0) is 23.7 Å². The number of hydrogen-bond donors (Lipinski definition) is 2. The first-order valence-electron chi connectivity index (χ1n) is 12.0. The molecular formula is C26H28F7N3O3. The molecule has 0 bridgehead atoms. The van der Waals surface area contributed by atoms with Gasteiger partial charge in [-0.1, -0.05) is 6.07 Å². The molecule has 1 fully saturated rings. The molecule has 0 saturated carbocycles. The molecule has 214 valence electrons. The molecule has 1 saturated heterocycles. The summed E-state index contributed by atoms with van der Waals surface area (Å²) in [6.07, 6.45) is -10.9. The van der Waals surface area contributed by atoms with Gasteiger partial charge in [0.2, 0.25) is 5.91 Å². The number of nitrogens with one attached hydrogen (secondary N) is 1. The monoisotopic (exact) mass is 563 g/mol. The Morgan fingerprint density at radius 2 is 1.67 bits per heavy atom. The van der Waals surface area contributed by atoms with E-state index in [2.05, 4.69) is 5.32 Å². The van der Waals surface area contributed by atoms with Crippen molar-refractivity contribution >= 4 is 11.9 Å². The van der Waals surface area contributed by atoms with Crippen LogP contribution in [0.15, 0.2) is 36.4 Å². The molecule has 0 aromatic heterocycles. The number of piperidine rings is 1. The van der Waals surface area contributed by atoms with Crippen molar-refractivity contribution in [2.24, 2.45) is 0 Å². The van der Waals surface area contributed by atoms with Gasteiger partial charge in [-0.15, -0.1) is 0 Å². The first kappa shape index (κ1) is 30.2. The summed E-state index contributed by atoms with van der Waals surface area (Å²) in [5.41, 5.74) is -2.25. The van der Waals surface area contributed by atoms with Gasteiger partial charge >= 0.3 is 18.4 Å². The van der Waals surface area contributed by atoms with Crippen LogP contribution in [0.1, 0.15) is 53.6 Å². The average molecular weight is 564 g/mol. The highest BCUT2D eigenvalue weighted by molar-refractivity contribution is 5.80. The maximum Gasteiger partial charge on any atom is 0.416 e. The summed E-state index contributed by atoms with van der Waals surface area (Å²) in [5, 5.41) is 12.2.